The summed E-state index contributed by atoms with van der Waals surface area (Å²) in [6.45, 7) is 0. The molecule has 0 aliphatic rings. The van der Waals surface area contributed by atoms with Crippen LogP contribution in [0.5, 0.6) is 0 Å². The maximum absolute atomic E-state index is 13.8. The summed E-state index contributed by atoms with van der Waals surface area (Å²) >= 11 is 9.49. The summed E-state index contributed by atoms with van der Waals surface area (Å²) < 4.78 is 53.2. The van der Waals surface area contributed by atoms with Gasteiger partial charge in [-0.1, -0.05) is 45.7 Å². The van der Waals surface area contributed by atoms with E-state index in [0.717, 1.165) is 17.0 Å². The van der Waals surface area contributed by atoms with Crippen molar-refractivity contribution < 1.29 is 16.8 Å². The van der Waals surface area contributed by atoms with Gasteiger partial charge in [-0.25, -0.2) is 26.5 Å². The van der Waals surface area contributed by atoms with E-state index >= 15 is 0 Å². The zero-order chi connectivity index (χ0) is 28.1. The molecule has 0 atom stereocenters. The standard InChI is InChI=1S/C25H19BrClN5O5S2/c1-38(34,35)32(39(2,36)37)21-5-3-4-20(14-21)31-24-22(15-28-31)25(33)30(19-12-10-18(27)11-13-19)23(29-24)16-6-8-17(26)9-7-16/h3-15H,1-2H3. The predicted molar refractivity (Wildman–Crippen MR) is 155 cm³/mol. The zero-order valence-corrected chi connectivity index (χ0v) is 24.3. The lowest BCUT2D eigenvalue weighted by Crippen LogP contribution is -2.35. The molecule has 0 aliphatic heterocycles. The van der Waals surface area contributed by atoms with Gasteiger partial charge in [-0.3, -0.25) is 9.36 Å². The number of hydrogen-bond donors (Lipinski definition) is 0. The number of nitrogens with zero attached hydrogens (tertiary/aromatic N) is 5. The molecular weight excluding hydrogens is 630 g/mol. The average Bonchev–Trinajstić information content (AvgIpc) is 3.28. The van der Waals surface area contributed by atoms with E-state index in [4.69, 9.17) is 16.6 Å². The molecule has 0 saturated heterocycles. The third-order valence-electron chi connectivity index (χ3n) is 5.68. The van der Waals surface area contributed by atoms with Gasteiger partial charge in [-0.15, -0.1) is 0 Å². The molecule has 0 aliphatic carbocycles. The van der Waals surface area contributed by atoms with Crippen LogP contribution < -0.4 is 9.27 Å². The van der Waals surface area contributed by atoms with Crippen molar-refractivity contribution in [3.8, 4) is 22.8 Å². The Morgan fingerprint density at radius 3 is 2.13 bits per heavy atom. The van der Waals surface area contributed by atoms with Crippen molar-refractivity contribution in [2.24, 2.45) is 0 Å². The first-order valence-electron chi connectivity index (χ1n) is 11.2. The molecule has 200 valence electrons. The molecule has 0 spiro atoms. The lowest BCUT2D eigenvalue weighted by Gasteiger charge is -2.20. The van der Waals surface area contributed by atoms with Crippen LogP contribution in [0.25, 0.3) is 33.8 Å². The minimum Gasteiger partial charge on any atom is -0.268 e. The molecule has 2 heterocycles. The molecule has 0 radical (unpaired) electrons. The van der Waals surface area contributed by atoms with Crippen molar-refractivity contribution in [2.75, 3.05) is 16.2 Å². The monoisotopic (exact) mass is 647 g/mol. The highest BCUT2D eigenvalue weighted by Gasteiger charge is 2.28. The Labute approximate surface area is 237 Å². The van der Waals surface area contributed by atoms with E-state index in [2.05, 4.69) is 21.0 Å². The molecule has 0 unspecified atom stereocenters. The third-order valence-corrected chi connectivity index (χ3v) is 9.71. The number of fused-ring (bicyclic) bond motifs is 1. The maximum Gasteiger partial charge on any atom is 0.269 e. The van der Waals surface area contributed by atoms with Crippen LogP contribution in [0.2, 0.25) is 5.02 Å². The summed E-state index contributed by atoms with van der Waals surface area (Å²) in [5.41, 5.74) is 1.20. The fourth-order valence-electron chi connectivity index (χ4n) is 4.15. The summed E-state index contributed by atoms with van der Waals surface area (Å²) in [5.74, 6) is 0.328. The summed E-state index contributed by atoms with van der Waals surface area (Å²) in [5, 5.41) is 5.05. The van der Waals surface area contributed by atoms with E-state index in [-0.39, 0.29) is 16.7 Å². The lowest BCUT2D eigenvalue weighted by molar-refractivity contribution is 0.590. The first kappa shape index (κ1) is 27.1. The van der Waals surface area contributed by atoms with Crippen molar-refractivity contribution in [1.82, 2.24) is 19.3 Å². The van der Waals surface area contributed by atoms with Crippen molar-refractivity contribution in [3.05, 3.63) is 98.8 Å². The van der Waals surface area contributed by atoms with Gasteiger partial charge in [0.05, 0.1) is 35.8 Å². The van der Waals surface area contributed by atoms with Crippen molar-refractivity contribution in [1.29, 1.82) is 0 Å². The number of halogens is 2. The SMILES string of the molecule is CS(=O)(=O)N(c1cccc(-n2ncc3c(=O)n(-c4ccc(Cl)cc4)c(-c4ccc(Br)cc4)nc32)c1)S(C)(=O)=O. The molecule has 10 nitrogen and oxygen atoms in total. The summed E-state index contributed by atoms with van der Waals surface area (Å²) in [6.07, 6.45) is 2.96. The van der Waals surface area contributed by atoms with E-state index in [1.165, 1.54) is 33.6 Å². The van der Waals surface area contributed by atoms with Gasteiger partial charge >= 0.3 is 0 Å². The largest absolute Gasteiger partial charge is 0.269 e. The van der Waals surface area contributed by atoms with Gasteiger partial charge in [0, 0.05) is 15.1 Å². The Hall–Kier alpha value is -3.52. The van der Waals surface area contributed by atoms with E-state index in [9.17, 15) is 21.6 Å². The van der Waals surface area contributed by atoms with Gasteiger partial charge in [0.2, 0.25) is 20.0 Å². The second-order valence-corrected chi connectivity index (χ2v) is 13.8. The Morgan fingerprint density at radius 2 is 1.51 bits per heavy atom. The van der Waals surface area contributed by atoms with Gasteiger partial charge in [-0.2, -0.15) is 8.81 Å². The van der Waals surface area contributed by atoms with Crippen LogP contribution in [0, 0.1) is 0 Å². The Balaban J connectivity index is 1.78. The number of aromatic nitrogens is 4. The highest BCUT2D eigenvalue weighted by atomic mass is 79.9. The second-order valence-electron chi connectivity index (χ2n) is 8.60. The van der Waals surface area contributed by atoms with E-state index in [1.807, 2.05) is 24.3 Å². The van der Waals surface area contributed by atoms with Crippen molar-refractivity contribution in [2.45, 2.75) is 0 Å². The van der Waals surface area contributed by atoms with Gasteiger partial charge in [0.15, 0.2) is 5.65 Å². The number of sulfonamides is 2. The molecule has 5 rings (SSSR count). The Bertz CT molecular complexity index is 1980. The van der Waals surface area contributed by atoms with Gasteiger partial charge in [0.1, 0.15) is 11.2 Å². The first-order valence-corrected chi connectivity index (χ1v) is 16.0. The third kappa shape index (κ3) is 5.22. The topological polar surface area (TPSA) is 124 Å². The molecule has 39 heavy (non-hydrogen) atoms. The molecule has 14 heteroatoms. The molecule has 5 aromatic rings. The molecule has 0 bridgehead atoms. The molecular formula is C25H19BrClN5O5S2. The summed E-state index contributed by atoms with van der Waals surface area (Å²) in [4.78, 5) is 18.6. The van der Waals surface area contributed by atoms with Crippen molar-refractivity contribution >= 4 is 64.3 Å². The summed E-state index contributed by atoms with van der Waals surface area (Å²) in [7, 11) is -8.33. The number of hydrogen-bond acceptors (Lipinski definition) is 7. The second kappa shape index (κ2) is 9.90. The predicted octanol–water partition coefficient (Wildman–Crippen LogP) is 4.38. The first-order chi connectivity index (χ1) is 18.3. The minimum absolute atomic E-state index is 0.108. The van der Waals surface area contributed by atoms with Crippen LogP contribution in [0.4, 0.5) is 5.69 Å². The maximum atomic E-state index is 13.8. The normalized spacial score (nSPS) is 12.1. The Morgan fingerprint density at radius 1 is 0.872 bits per heavy atom. The molecule has 0 amide bonds. The number of benzene rings is 3. The fourth-order valence-corrected chi connectivity index (χ4v) is 7.50. The number of rotatable bonds is 6. The minimum atomic E-state index is -4.16. The smallest absolute Gasteiger partial charge is 0.268 e. The van der Waals surface area contributed by atoms with Crippen LogP contribution in [-0.2, 0) is 20.0 Å². The van der Waals surface area contributed by atoms with E-state index in [0.29, 0.717) is 31.5 Å². The molecule has 2 aromatic heterocycles. The molecule has 0 saturated carbocycles. The number of anilines is 1. The van der Waals surface area contributed by atoms with Gasteiger partial charge in [-0.05, 0) is 54.6 Å². The van der Waals surface area contributed by atoms with Crippen LogP contribution in [0.3, 0.4) is 0 Å². The van der Waals surface area contributed by atoms with Crippen LogP contribution in [0.15, 0.2) is 88.3 Å². The van der Waals surface area contributed by atoms with E-state index in [1.54, 1.807) is 30.3 Å². The zero-order valence-electron chi connectivity index (χ0n) is 20.4. The van der Waals surface area contributed by atoms with Crippen LogP contribution in [-0.4, -0.2) is 48.7 Å². The summed E-state index contributed by atoms with van der Waals surface area (Å²) in [6, 6.07) is 19.8. The highest BCUT2D eigenvalue weighted by molar-refractivity contribution is 9.10. The quantitative estimate of drug-likeness (QED) is 0.268. The molecule has 3 aromatic carbocycles. The van der Waals surface area contributed by atoms with Crippen LogP contribution >= 0.6 is 27.5 Å². The van der Waals surface area contributed by atoms with Crippen molar-refractivity contribution in [3.63, 3.8) is 0 Å². The molecule has 0 N–H and O–H groups in total. The Kier molecular flexibility index (Phi) is 6.87. The van der Waals surface area contributed by atoms with Gasteiger partial charge in [0.25, 0.3) is 5.56 Å². The highest BCUT2D eigenvalue weighted by Crippen LogP contribution is 2.28. The van der Waals surface area contributed by atoms with Crippen LogP contribution in [0.1, 0.15) is 0 Å². The average molecular weight is 649 g/mol. The molecule has 0 fully saturated rings. The lowest BCUT2D eigenvalue weighted by atomic mass is 10.2. The fraction of sp³-hybridized carbons (Fsp3) is 0.0800. The van der Waals surface area contributed by atoms with Gasteiger partial charge < -0.3 is 0 Å². The van der Waals surface area contributed by atoms with E-state index < -0.39 is 25.6 Å².